The van der Waals surface area contributed by atoms with Crippen LogP contribution >= 0.6 is 12.4 Å². The number of nitrogens with one attached hydrogen (secondary N) is 2. The van der Waals surface area contributed by atoms with Crippen molar-refractivity contribution in [2.45, 2.75) is 31.7 Å². The number of hydrogen-bond acceptors (Lipinski definition) is 4. The monoisotopic (exact) mass is 322 g/mol. The molecule has 0 saturated carbocycles. The van der Waals surface area contributed by atoms with Crippen LogP contribution in [0.5, 0.6) is 5.75 Å². The molecule has 0 bridgehead atoms. The van der Waals surface area contributed by atoms with Crippen molar-refractivity contribution in [2.75, 3.05) is 20.7 Å². The lowest BCUT2D eigenvalue weighted by Gasteiger charge is -2.16. The SMILES string of the molecule is CNC(C)CNS(=O)(=O)c1c(C)cc(C)cc1OC.Cl. The standard InChI is InChI=1S/C13H22N2O3S.ClH/c1-9-6-10(2)13(12(7-9)18-5)19(16,17)15-8-11(3)14-4;/h6-7,11,14-15H,8H2,1-5H3;1H. The Hall–Kier alpha value is -0.820. The van der Waals surface area contributed by atoms with E-state index in [0.717, 1.165) is 5.56 Å². The number of benzene rings is 1. The minimum Gasteiger partial charge on any atom is -0.495 e. The average Bonchev–Trinajstić information content (AvgIpc) is 2.34. The zero-order chi connectivity index (χ0) is 14.6. The van der Waals surface area contributed by atoms with Crippen LogP contribution in [-0.4, -0.2) is 35.2 Å². The number of hydrogen-bond donors (Lipinski definition) is 2. The van der Waals surface area contributed by atoms with Gasteiger partial charge in [0.05, 0.1) is 7.11 Å². The molecule has 0 aliphatic heterocycles. The number of rotatable bonds is 6. The highest BCUT2D eigenvalue weighted by molar-refractivity contribution is 7.89. The Morgan fingerprint density at radius 2 is 1.90 bits per heavy atom. The van der Waals surface area contributed by atoms with Gasteiger partial charge in [-0.15, -0.1) is 12.4 Å². The smallest absolute Gasteiger partial charge is 0.244 e. The van der Waals surface area contributed by atoms with Crippen LogP contribution in [0.25, 0.3) is 0 Å². The first-order chi connectivity index (χ1) is 8.81. The van der Waals surface area contributed by atoms with E-state index in [0.29, 0.717) is 17.9 Å². The van der Waals surface area contributed by atoms with Crippen LogP contribution in [0.1, 0.15) is 18.1 Å². The quantitative estimate of drug-likeness (QED) is 0.835. The van der Waals surface area contributed by atoms with Crippen molar-refractivity contribution in [3.8, 4) is 5.75 Å². The topological polar surface area (TPSA) is 67.4 Å². The first kappa shape index (κ1) is 19.2. The zero-order valence-corrected chi connectivity index (χ0v) is 14.1. The molecule has 0 radical (unpaired) electrons. The van der Waals surface area contributed by atoms with Gasteiger partial charge in [-0.05, 0) is 45.0 Å². The number of ether oxygens (including phenoxy) is 1. The Labute approximate surface area is 127 Å². The van der Waals surface area contributed by atoms with Crippen molar-refractivity contribution >= 4 is 22.4 Å². The molecule has 2 N–H and O–H groups in total. The maximum atomic E-state index is 12.3. The largest absolute Gasteiger partial charge is 0.495 e. The first-order valence-electron chi connectivity index (χ1n) is 6.14. The van der Waals surface area contributed by atoms with Crippen LogP contribution < -0.4 is 14.8 Å². The Balaban J connectivity index is 0.00000361. The summed E-state index contributed by atoms with van der Waals surface area (Å²) in [7, 11) is -0.307. The predicted octanol–water partition coefficient (Wildman–Crippen LogP) is 1.62. The Morgan fingerprint density at radius 1 is 1.30 bits per heavy atom. The molecule has 116 valence electrons. The lowest BCUT2D eigenvalue weighted by atomic mass is 10.1. The third kappa shape index (κ3) is 4.63. The molecule has 1 atom stereocenters. The van der Waals surface area contributed by atoms with Crippen molar-refractivity contribution in [3.05, 3.63) is 23.3 Å². The molecule has 0 aliphatic carbocycles. The number of halogens is 1. The summed E-state index contributed by atoms with van der Waals surface area (Å²) in [5.41, 5.74) is 1.65. The van der Waals surface area contributed by atoms with Crippen molar-refractivity contribution < 1.29 is 13.2 Å². The predicted molar refractivity (Wildman–Crippen MR) is 83.4 cm³/mol. The molecule has 0 heterocycles. The van der Waals surface area contributed by atoms with Crippen LogP contribution in [-0.2, 0) is 10.0 Å². The molecular weight excluding hydrogens is 300 g/mol. The van der Waals surface area contributed by atoms with Gasteiger partial charge < -0.3 is 10.1 Å². The summed E-state index contributed by atoms with van der Waals surface area (Å²) in [6.07, 6.45) is 0. The van der Waals surface area contributed by atoms with Gasteiger partial charge in [-0.3, -0.25) is 0 Å². The van der Waals surface area contributed by atoms with E-state index in [2.05, 4.69) is 10.0 Å². The molecule has 5 nitrogen and oxygen atoms in total. The summed E-state index contributed by atoms with van der Waals surface area (Å²) < 4.78 is 32.5. The normalized spacial score (nSPS) is 12.7. The maximum Gasteiger partial charge on any atom is 0.244 e. The highest BCUT2D eigenvalue weighted by Gasteiger charge is 2.22. The molecule has 0 fully saturated rings. The summed E-state index contributed by atoms with van der Waals surface area (Å²) in [6, 6.07) is 3.62. The van der Waals surface area contributed by atoms with Gasteiger partial charge in [0.25, 0.3) is 0 Å². The maximum absolute atomic E-state index is 12.3. The summed E-state index contributed by atoms with van der Waals surface area (Å²) >= 11 is 0. The van der Waals surface area contributed by atoms with Crippen molar-refractivity contribution in [1.29, 1.82) is 0 Å². The molecule has 1 unspecified atom stereocenters. The minimum atomic E-state index is -3.57. The van der Waals surface area contributed by atoms with Gasteiger partial charge >= 0.3 is 0 Å². The molecule has 0 spiro atoms. The summed E-state index contributed by atoms with van der Waals surface area (Å²) in [6.45, 7) is 5.91. The fourth-order valence-electron chi connectivity index (χ4n) is 1.82. The third-order valence-electron chi connectivity index (χ3n) is 2.95. The fourth-order valence-corrected chi connectivity index (χ4v) is 3.32. The van der Waals surface area contributed by atoms with Gasteiger partial charge in [0.15, 0.2) is 0 Å². The Morgan fingerprint density at radius 3 is 2.40 bits per heavy atom. The van der Waals surface area contributed by atoms with Crippen LogP contribution in [0, 0.1) is 13.8 Å². The summed E-state index contributed by atoms with van der Waals surface area (Å²) in [5, 5.41) is 2.98. The molecule has 0 aromatic heterocycles. The van der Waals surface area contributed by atoms with E-state index < -0.39 is 10.0 Å². The van der Waals surface area contributed by atoms with Gasteiger partial charge in [0, 0.05) is 12.6 Å². The molecule has 0 saturated heterocycles. The van der Waals surface area contributed by atoms with E-state index in [9.17, 15) is 8.42 Å². The highest BCUT2D eigenvalue weighted by atomic mass is 35.5. The molecule has 20 heavy (non-hydrogen) atoms. The van der Waals surface area contributed by atoms with Gasteiger partial charge in [0.2, 0.25) is 10.0 Å². The van der Waals surface area contributed by atoms with E-state index in [1.807, 2.05) is 19.9 Å². The molecular formula is C13H23ClN2O3S. The number of aryl methyl sites for hydroxylation is 2. The third-order valence-corrected chi connectivity index (χ3v) is 4.55. The van der Waals surface area contributed by atoms with Crippen LogP contribution in [0.3, 0.4) is 0 Å². The second-order valence-electron chi connectivity index (χ2n) is 4.65. The van der Waals surface area contributed by atoms with Gasteiger partial charge in [-0.2, -0.15) is 0 Å². The van der Waals surface area contributed by atoms with Crippen molar-refractivity contribution in [1.82, 2.24) is 10.0 Å². The molecule has 1 rings (SSSR count). The van der Waals surface area contributed by atoms with Crippen LogP contribution in [0.15, 0.2) is 17.0 Å². The average molecular weight is 323 g/mol. The molecule has 7 heteroatoms. The summed E-state index contributed by atoms with van der Waals surface area (Å²) in [5.74, 6) is 0.377. The number of likely N-dealkylation sites (N-methyl/N-ethyl adjacent to an activating group) is 1. The fraction of sp³-hybridized carbons (Fsp3) is 0.538. The highest BCUT2D eigenvalue weighted by Crippen LogP contribution is 2.28. The molecule has 1 aromatic carbocycles. The first-order valence-corrected chi connectivity index (χ1v) is 7.62. The Kier molecular flexibility index (Phi) is 7.51. The van der Waals surface area contributed by atoms with E-state index in [-0.39, 0.29) is 23.3 Å². The second-order valence-corrected chi connectivity index (χ2v) is 6.36. The lowest BCUT2D eigenvalue weighted by molar-refractivity contribution is 0.401. The summed E-state index contributed by atoms with van der Waals surface area (Å²) in [4.78, 5) is 0.212. The van der Waals surface area contributed by atoms with Crippen LogP contribution in [0.4, 0.5) is 0 Å². The van der Waals surface area contributed by atoms with E-state index in [1.54, 1.807) is 20.0 Å². The van der Waals surface area contributed by atoms with Crippen molar-refractivity contribution in [3.63, 3.8) is 0 Å². The molecule has 0 aliphatic rings. The van der Waals surface area contributed by atoms with E-state index >= 15 is 0 Å². The van der Waals surface area contributed by atoms with E-state index in [1.165, 1.54) is 7.11 Å². The lowest BCUT2D eigenvalue weighted by Crippen LogP contribution is -2.37. The van der Waals surface area contributed by atoms with E-state index in [4.69, 9.17) is 4.74 Å². The molecule has 1 aromatic rings. The molecule has 0 amide bonds. The van der Waals surface area contributed by atoms with Gasteiger partial charge in [0.1, 0.15) is 10.6 Å². The van der Waals surface area contributed by atoms with Crippen molar-refractivity contribution in [2.24, 2.45) is 0 Å². The minimum absolute atomic E-state index is 0. The van der Waals surface area contributed by atoms with Crippen LogP contribution in [0.2, 0.25) is 0 Å². The Bertz CT molecular complexity index is 547. The zero-order valence-electron chi connectivity index (χ0n) is 12.5. The van der Waals surface area contributed by atoms with Gasteiger partial charge in [-0.1, -0.05) is 6.07 Å². The second kappa shape index (κ2) is 7.83. The number of sulfonamides is 1. The van der Waals surface area contributed by atoms with Gasteiger partial charge in [-0.25, -0.2) is 13.1 Å². The number of methoxy groups -OCH3 is 1.